The van der Waals surface area contributed by atoms with Gasteiger partial charge < -0.3 is 8.92 Å². The number of alkyl carbamates (subject to hydrolysis) is 1. The molecule has 0 saturated heterocycles. The number of amides is 1. The number of ether oxygens (including phenoxy) is 1. The van der Waals surface area contributed by atoms with Crippen molar-refractivity contribution in [1.82, 2.24) is 5.32 Å². The molecule has 0 bridgehead atoms. The molecular formula is C12H16N2O5S. The van der Waals surface area contributed by atoms with Gasteiger partial charge in [0.1, 0.15) is 18.2 Å². The number of hydrogen-bond donors (Lipinski definition) is 2. The molecule has 0 heterocycles. The molecule has 2 N–H and O–H groups in total. The Hall–Kier alpha value is -2.09. The van der Waals surface area contributed by atoms with Crippen LogP contribution in [-0.4, -0.2) is 26.6 Å². The molecule has 0 aliphatic rings. The van der Waals surface area contributed by atoms with E-state index in [0.717, 1.165) is 6.26 Å². The van der Waals surface area contributed by atoms with Gasteiger partial charge in [0.15, 0.2) is 0 Å². The largest absolute Gasteiger partial charge is 0.444 e. The highest BCUT2D eigenvalue weighted by Gasteiger charge is 2.06. The molecule has 0 radical (unpaired) electrons. The number of rotatable bonds is 5. The van der Waals surface area contributed by atoms with Crippen molar-refractivity contribution in [2.45, 2.75) is 20.0 Å². The monoisotopic (exact) mass is 300 g/mol. The van der Waals surface area contributed by atoms with Gasteiger partial charge in [-0.15, -0.1) is 0 Å². The standard InChI is InChI=1S/C12H16N2O5S/c1-3-11(13)14-12(15)18-8-9-4-6-10(7-5-9)19-20(2,16)17/h4-7H,3,8H2,1-2H3,(H2,13,14,15). The summed E-state index contributed by atoms with van der Waals surface area (Å²) in [5.41, 5.74) is 0.670. The molecule has 0 spiro atoms. The molecule has 7 nitrogen and oxygen atoms in total. The van der Waals surface area contributed by atoms with E-state index in [1.807, 2.05) is 0 Å². The quantitative estimate of drug-likeness (QED) is 0.488. The lowest BCUT2D eigenvalue weighted by molar-refractivity contribution is 0.145. The summed E-state index contributed by atoms with van der Waals surface area (Å²) in [6.45, 7) is 1.76. The molecule has 8 heteroatoms. The molecule has 0 atom stereocenters. The summed E-state index contributed by atoms with van der Waals surface area (Å²) in [5, 5.41) is 9.54. The lowest BCUT2D eigenvalue weighted by atomic mass is 10.2. The zero-order valence-corrected chi connectivity index (χ0v) is 12.0. The molecule has 0 fully saturated rings. The van der Waals surface area contributed by atoms with Crippen molar-refractivity contribution in [3.05, 3.63) is 29.8 Å². The fourth-order valence-corrected chi connectivity index (χ4v) is 1.67. The molecule has 1 amide bonds. The topological polar surface area (TPSA) is 106 Å². The molecular weight excluding hydrogens is 284 g/mol. The summed E-state index contributed by atoms with van der Waals surface area (Å²) in [7, 11) is -3.55. The first-order valence-corrected chi connectivity index (χ1v) is 7.61. The van der Waals surface area contributed by atoms with Crippen molar-refractivity contribution in [3.63, 3.8) is 0 Å². The van der Waals surface area contributed by atoms with E-state index in [1.54, 1.807) is 19.1 Å². The molecule has 1 aromatic carbocycles. The Balaban J connectivity index is 2.50. The van der Waals surface area contributed by atoms with Crippen LogP contribution < -0.4 is 9.50 Å². The minimum atomic E-state index is -3.55. The van der Waals surface area contributed by atoms with Crippen LogP contribution in [0.15, 0.2) is 24.3 Å². The van der Waals surface area contributed by atoms with E-state index in [4.69, 9.17) is 10.1 Å². The molecule has 110 valence electrons. The van der Waals surface area contributed by atoms with Gasteiger partial charge in [0.25, 0.3) is 0 Å². The van der Waals surface area contributed by atoms with Gasteiger partial charge in [0, 0.05) is 6.42 Å². The highest BCUT2D eigenvalue weighted by molar-refractivity contribution is 7.86. The van der Waals surface area contributed by atoms with Crippen molar-refractivity contribution >= 4 is 22.0 Å². The molecule has 20 heavy (non-hydrogen) atoms. The van der Waals surface area contributed by atoms with Crippen LogP contribution in [0.3, 0.4) is 0 Å². The predicted octanol–water partition coefficient (Wildman–Crippen LogP) is 1.64. The van der Waals surface area contributed by atoms with Crippen LogP contribution in [0.5, 0.6) is 5.75 Å². The molecule has 1 rings (SSSR count). The first-order chi connectivity index (χ1) is 9.30. The van der Waals surface area contributed by atoms with Gasteiger partial charge in [-0.2, -0.15) is 8.42 Å². The maximum atomic E-state index is 11.3. The van der Waals surface area contributed by atoms with Gasteiger partial charge in [0.2, 0.25) is 0 Å². The molecule has 0 aliphatic carbocycles. The summed E-state index contributed by atoms with van der Waals surface area (Å²) in [6, 6.07) is 6.09. The van der Waals surface area contributed by atoms with Gasteiger partial charge in [-0.1, -0.05) is 19.1 Å². The Labute approximate surface area is 117 Å². The average Bonchev–Trinajstić information content (AvgIpc) is 2.36. The Morgan fingerprint density at radius 3 is 2.40 bits per heavy atom. The minimum Gasteiger partial charge on any atom is -0.444 e. The van der Waals surface area contributed by atoms with Gasteiger partial charge in [-0.3, -0.25) is 10.7 Å². The van der Waals surface area contributed by atoms with E-state index in [1.165, 1.54) is 12.1 Å². The lowest BCUT2D eigenvalue weighted by Gasteiger charge is -2.07. The molecule has 0 saturated carbocycles. The van der Waals surface area contributed by atoms with Crippen molar-refractivity contribution < 1.29 is 22.1 Å². The normalized spacial score (nSPS) is 10.7. The van der Waals surface area contributed by atoms with Crippen LogP contribution in [0.4, 0.5) is 4.79 Å². The predicted molar refractivity (Wildman–Crippen MR) is 73.3 cm³/mol. The van der Waals surface area contributed by atoms with Crippen LogP contribution >= 0.6 is 0 Å². The maximum Gasteiger partial charge on any atom is 0.412 e. The van der Waals surface area contributed by atoms with E-state index < -0.39 is 16.2 Å². The smallest absolute Gasteiger partial charge is 0.412 e. The number of amidine groups is 1. The Bertz CT molecular complexity index is 580. The number of nitrogens with one attached hydrogen (secondary N) is 2. The Kier molecular flexibility index (Phi) is 5.51. The number of benzene rings is 1. The summed E-state index contributed by atoms with van der Waals surface area (Å²) in [5.74, 6) is 0.264. The molecule has 0 aliphatic heterocycles. The number of hydrogen-bond acceptors (Lipinski definition) is 6. The zero-order chi connectivity index (χ0) is 15.2. The van der Waals surface area contributed by atoms with Crippen LogP contribution in [0, 0.1) is 5.41 Å². The van der Waals surface area contributed by atoms with E-state index in [9.17, 15) is 13.2 Å². The van der Waals surface area contributed by atoms with Crippen LogP contribution in [0.2, 0.25) is 0 Å². The summed E-state index contributed by atoms with van der Waals surface area (Å²) in [4.78, 5) is 11.3. The van der Waals surface area contributed by atoms with E-state index in [0.29, 0.717) is 12.0 Å². The fraction of sp³-hybridized carbons (Fsp3) is 0.333. The first kappa shape index (κ1) is 16.0. The van der Waals surface area contributed by atoms with E-state index in [-0.39, 0.29) is 18.2 Å². The number of carbonyl (C=O) groups excluding carboxylic acids is 1. The summed E-state index contributed by atoms with van der Waals surface area (Å²) < 4.78 is 31.4. The highest BCUT2D eigenvalue weighted by Crippen LogP contribution is 2.14. The second-order valence-electron chi connectivity index (χ2n) is 3.96. The Morgan fingerprint density at radius 1 is 1.30 bits per heavy atom. The Morgan fingerprint density at radius 2 is 1.90 bits per heavy atom. The van der Waals surface area contributed by atoms with Gasteiger partial charge in [0.05, 0.1) is 6.26 Å². The van der Waals surface area contributed by atoms with Crippen LogP contribution in [-0.2, 0) is 21.5 Å². The molecule has 1 aromatic rings. The van der Waals surface area contributed by atoms with E-state index >= 15 is 0 Å². The first-order valence-electron chi connectivity index (χ1n) is 5.79. The van der Waals surface area contributed by atoms with Gasteiger partial charge in [-0.05, 0) is 17.7 Å². The van der Waals surface area contributed by atoms with Crippen molar-refractivity contribution in [2.24, 2.45) is 0 Å². The maximum absolute atomic E-state index is 11.3. The van der Waals surface area contributed by atoms with Crippen molar-refractivity contribution in [2.75, 3.05) is 6.26 Å². The van der Waals surface area contributed by atoms with Crippen LogP contribution in [0.25, 0.3) is 0 Å². The van der Waals surface area contributed by atoms with Gasteiger partial charge in [-0.25, -0.2) is 4.79 Å². The fourth-order valence-electron chi connectivity index (χ4n) is 1.21. The molecule has 0 aromatic heterocycles. The van der Waals surface area contributed by atoms with Crippen molar-refractivity contribution in [3.8, 4) is 5.75 Å². The van der Waals surface area contributed by atoms with E-state index in [2.05, 4.69) is 9.50 Å². The summed E-state index contributed by atoms with van der Waals surface area (Å²) in [6.07, 6.45) is 0.664. The lowest BCUT2D eigenvalue weighted by Crippen LogP contribution is -2.29. The van der Waals surface area contributed by atoms with Gasteiger partial charge >= 0.3 is 16.2 Å². The second kappa shape index (κ2) is 6.90. The summed E-state index contributed by atoms with van der Waals surface area (Å²) >= 11 is 0. The SMILES string of the molecule is CCC(=N)NC(=O)OCc1ccc(OS(C)(=O)=O)cc1. The van der Waals surface area contributed by atoms with Crippen LogP contribution in [0.1, 0.15) is 18.9 Å². The average molecular weight is 300 g/mol. The third kappa shape index (κ3) is 6.19. The minimum absolute atomic E-state index is 0.0159. The van der Waals surface area contributed by atoms with Crippen molar-refractivity contribution in [1.29, 1.82) is 5.41 Å². The zero-order valence-electron chi connectivity index (χ0n) is 11.2. The second-order valence-corrected chi connectivity index (χ2v) is 5.54. The number of carbonyl (C=O) groups is 1. The third-order valence-electron chi connectivity index (χ3n) is 2.15. The third-order valence-corrected chi connectivity index (χ3v) is 2.64. The highest BCUT2D eigenvalue weighted by atomic mass is 32.2. The molecule has 0 unspecified atom stereocenters.